The van der Waals surface area contributed by atoms with Crippen LogP contribution in [0.3, 0.4) is 0 Å². The maximum absolute atomic E-state index is 12.7. The van der Waals surface area contributed by atoms with Crippen molar-refractivity contribution in [3.05, 3.63) is 23.8 Å². The van der Waals surface area contributed by atoms with E-state index in [1.54, 1.807) is 30.2 Å². The SMILES string of the molecule is COc1cccc(C(=O)N2CCC(C)C2CO)c1OC. The lowest BCUT2D eigenvalue weighted by Gasteiger charge is -2.26. The molecule has 1 aromatic rings. The molecular weight excluding hydrogens is 258 g/mol. The molecule has 1 N–H and O–H groups in total. The number of rotatable bonds is 4. The number of carbonyl (C=O) groups excluding carboxylic acids is 1. The number of aliphatic hydroxyl groups excluding tert-OH is 1. The van der Waals surface area contributed by atoms with Crippen LogP contribution in [0.4, 0.5) is 0 Å². The summed E-state index contributed by atoms with van der Waals surface area (Å²) in [5.41, 5.74) is 0.472. The molecule has 5 nitrogen and oxygen atoms in total. The van der Waals surface area contributed by atoms with Gasteiger partial charge in [0.1, 0.15) is 0 Å². The van der Waals surface area contributed by atoms with E-state index in [1.807, 2.05) is 0 Å². The highest BCUT2D eigenvalue weighted by Gasteiger charge is 2.35. The van der Waals surface area contributed by atoms with Gasteiger partial charge in [0.15, 0.2) is 11.5 Å². The molecule has 110 valence electrons. The summed E-state index contributed by atoms with van der Waals surface area (Å²) in [5, 5.41) is 9.48. The van der Waals surface area contributed by atoms with Crippen molar-refractivity contribution < 1.29 is 19.4 Å². The lowest BCUT2D eigenvalue weighted by Crippen LogP contribution is -2.40. The predicted molar refractivity (Wildman–Crippen MR) is 75.2 cm³/mol. The molecule has 0 spiro atoms. The number of likely N-dealkylation sites (tertiary alicyclic amines) is 1. The van der Waals surface area contributed by atoms with Crippen molar-refractivity contribution in [1.82, 2.24) is 4.90 Å². The van der Waals surface area contributed by atoms with Gasteiger partial charge in [-0.25, -0.2) is 0 Å². The second-order valence-electron chi connectivity index (χ2n) is 5.06. The molecule has 1 aliphatic rings. The maximum Gasteiger partial charge on any atom is 0.258 e. The fourth-order valence-corrected chi connectivity index (χ4v) is 2.75. The normalized spacial score (nSPS) is 21.9. The minimum Gasteiger partial charge on any atom is -0.493 e. The van der Waals surface area contributed by atoms with E-state index in [2.05, 4.69) is 6.92 Å². The highest BCUT2D eigenvalue weighted by molar-refractivity contribution is 5.98. The lowest BCUT2D eigenvalue weighted by molar-refractivity contribution is 0.0644. The van der Waals surface area contributed by atoms with E-state index in [-0.39, 0.29) is 18.6 Å². The Kier molecular flexibility index (Phi) is 4.49. The van der Waals surface area contributed by atoms with Crippen LogP contribution in [-0.4, -0.2) is 49.3 Å². The Hall–Kier alpha value is -1.75. The second kappa shape index (κ2) is 6.13. The molecule has 1 fully saturated rings. The summed E-state index contributed by atoms with van der Waals surface area (Å²) in [6.07, 6.45) is 0.906. The molecule has 1 saturated heterocycles. The van der Waals surface area contributed by atoms with E-state index in [4.69, 9.17) is 9.47 Å². The van der Waals surface area contributed by atoms with Gasteiger partial charge in [-0.1, -0.05) is 13.0 Å². The van der Waals surface area contributed by atoms with Gasteiger partial charge in [-0.2, -0.15) is 0 Å². The van der Waals surface area contributed by atoms with Crippen LogP contribution in [0.2, 0.25) is 0 Å². The third-order valence-electron chi connectivity index (χ3n) is 3.96. The largest absolute Gasteiger partial charge is 0.493 e. The Morgan fingerprint density at radius 2 is 2.15 bits per heavy atom. The van der Waals surface area contributed by atoms with Gasteiger partial charge in [-0.15, -0.1) is 0 Å². The number of para-hydroxylation sites is 1. The summed E-state index contributed by atoms with van der Waals surface area (Å²) in [6.45, 7) is 2.70. The van der Waals surface area contributed by atoms with Gasteiger partial charge in [-0.3, -0.25) is 4.79 Å². The zero-order valence-corrected chi connectivity index (χ0v) is 12.1. The molecule has 1 amide bonds. The molecule has 2 atom stereocenters. The molecule has 0 radical (unpaired) electrons. The fraction of sp³-hybridized carbons (Fsp3) is 0.533. The zero-order valence-electron chi connectivity index (χ0n) is 12.1. The summed E-state index contributed by atoms with van der Waals surface area (Å²) in [4.78, 5) is 14.4. The maximum atomic E-state index is 12.7. The van der Waals surface area contributed by atoms with Crippen LogP contribution in [0.5, 0.6) is 11.5 Å². The smallest absolute Gasteiger partial charge is 0.258 e. The summed E-state index contributed by atoms with van der Waals surface area (Å²) in [7, 11) is 3.06. The number of amides is 1. The Bertz CT molecular complexity index is 489. The first kappa shape index (κ1) is 14.7. The highest BCUT2D eigenvalue weighted by atomic mass is 16.5. The van der Waals surface area contributed by atoms with E-state index >= 15 is 0 Å². The first-order valence-electron chi connectivity index (χ1n) is 6.76. The third-order valence-corrected chi connectivity index (χ3v) is 3.96. The van der Waals surface area contributed by atoms with Crippen LogP contribution in [0.25, 0.3) is 0 Å². The molecule has 5 heteroatoms. The van der Waals surface area contributed by atoms with Gasteiger partial charge in [0.2, 0.25) is 0 Å². The number of hydrogen-bond acceptors (Lipinski definition) is 4. The van der Waals surface area contributed by atoms with Gasteiger partial charge >= 0.3 is 0 Å². The molecule has 1 heterocycles. The van der Waals surface area contributed by atoms with E-state index < -0.39 is 0 Å². The number of methoxy groups -OCH3 is 2. The van der Waals surface area contributed by atoms with Gasteiger partial charge in [0.05, 0.1) is 32.4 Å². The molecule has 0 bridgehead atoms. The van der Waals surface area contributed by atoms with Crippen molar-refractivity contribution in [2.45, 2.75) is 19.4 Å². The van der Waals surface area contributed by atoms with Crippen molar-refractivity contribution in [1.29, 1.82) is 0 Å². The van der Waals surface area contributed by atoms with Crippen LogP contribution in [0.15, 0.2) is 18.2 Å². The summed E-state index contributed by atoms with van der Waals surface area (Å²) < 4.78 is 10.5. The molecule has 0 saturated carbocycles. The monoisotopic (exact) mass is 279 g/mol. The number of aliphatic hydroxyl groups is 1. The molecule has 0 aromatic heterocycles. The number of carbonyl (C=O) groups is 1. The lowest BCUT2D eigenvalue weighted by atomic mass is 10.0. The summed E-state index contributed by atoms with van der Waals surface area (Å²) >= 11 is 0. The van der Waals surface area contributed by atoms with Crippen LogP contribution in [0, 0.1) is 5.92 Å². The Balaban J connectivity index is 2.34. The van der Waals surface area contributed by atoms with E-state index in [1.165, 1.54) is 7.11 Å². The molecule has 1 aliphatic heterocycles. The Morgan fingerprint density at radius 3 is 2.75 bits per heavy atom. The van der Waals surface area contributed by atoms with E-state index in [9.17, 15) is 9.90 Å². The van der Waals surface area contributed by atoms with Gasteiger partial charge in [-0.05, 0) is 24.5 Å². The topological polar surface area (TPSA) is 59.0 Å². The fourth-order valence-electron chi connectivity index (χ4n) is 2.75. The number of hydrogen-bond donors (Lipinski definition) is 1. The molecule has 1 aromatic carbocycles. The number of ether oxygens (including phenoxy) is 2. The van der Waals surface area contributed by atoms with E-state index in [0.29, 0.717) is 29.5 Å². The van der Waals surface area contributed by atoms with Crippen molar-refractivity contribution in [3.63, 3.8) is 0 Å². The Labute approximate surface area is 119 Å². The minimum absolute atomic E-state index is 0.0147. The molecule has 0 aliphatic carbocycles. The van der Waals surface area contributed by atoms with Crippen LogP contribution in [-0.2, 0) is 0 Å². The van der Waals surface area contributed by atoms with Crippen LogP contribution in [0.1, 0.15) is 23.7 Å². The zero-order chi connectivity index (χ0) is 14.7. The molecule has 2 unspecified atom stereocenters. The third kappa shape index (κ3) is 2.45. The van der Waals surface area contributed by atoms with Crippen LogP contribution < -0.4 is 9.47 Å². The van der Waals surface area contributed by atoms with Gasteiger partial charge < -0.3 is 19.5 Å². The van der Waals surface area contributed by atoms with E-state index in [0.717, 1.165) is 6.42 Å². The quantitative estimate of drug-likeness (QED) is 0.908. The average molecular weight is 279 g/mol. The van der Waals surface area contributed by atoms with Crippen molar-refractivity contribution in [3.8, 4) is 11.5 Å². The molecule has 20 heavy (non-hydrogen) atoms. The summed E-state index contributed by atoms with van der Waals surface area (Å²) in [6, 6.07) is 5.12. The second-order valence-corrected chi connectivity index (χ2v) is 5.06. The van der Waals surface area contributed by atoms with Crippen molar-refractivity contribution >= 4 is 5.91 Å². The van der Waals surface area contributed by atoms with Gasteiger partial charge in [0.25, 0.3) is 5.91 Å². The predicted octanol–water partition coefficient (Wildman–Crippen LogP) is 1.55. The van der Waals surface area contributed by atoms with Crippen molar-refractivity contribution in [2.75, 3.05) is 27.4 Å². The van der Waals surface area contributed by atoms with Crippen molar-refractivity contribution in [2.24, 2.45) is 5.92 Å². The first-order chi connectivity index (χ1) is 9.63. The molecular formula is C15H21NO4. The average Bonchev–Trinajstić information content (AvgIpc) is 2.86. The van der Waals surface area contributed by atoms with Gasteiger partial charge in [0, 0.05) is 6.54 Å². The van der Waals surface area contributed by atoms with Crippen LogP contribution >= 0.6 is 0 Å². The molecule has 2 rings (SSSR count). The first-order valence-corrected chi connectivity index (χ1v) is 6.76. The minimum atomic E-state index is -0.126. The summed E-state index contributed by atoms with van der Waals surface area (Å²) in [5.74, 6) is 1.16. The number of nitrogens with zero attached hydrogens (tertiary/aromatic N) is 1. The standard InChI is InChI=1S/C15H21NO4/c1-10-7-8-16(12(10)9-17)15(18)11-5-4-6-13(19-2)14(11)20-3/h4-6,10,12,17H,7-9H2,1-3H3. The number of benzene rings is 1. The Morgan fingerprint density at radius 1 is 1.40 bits per heavy atom. The highest BCUT2D eigenvalue weighted by Crippen LogP contribution is 2.33.